The van der Waals surface area contributed by atoms with Crippen molar-refractivity contribution < 1.29 is 4.79 Å². The lowest BCUT2D eigenvalue weighted by atomic mass is 9.86. The Morgan fingerprint density at radius 3 is 2.33 bits per heavy atom. The quantitative estimate of drug-likeness (QED) is 0.714. The van der Waals surface area contributed by atoms with Gasteiger partial charge in [0.25, 0.3) is 5.91 Å². The molecule has 0 saturated heterocycles. The van der Waals surface area contributed by atoms with Gasteiger partial charge in [0.2, 0.25) is 0 Å². The molecule has 0 aliphatic rings. The first-order valence-electron chi connectivity index (χ1n) is 9.27. The molecule has 27 heavy (non-hydrogen) atoms. The van der Waals surface area contributed by atoms with Crippen LogP contribution in [0.3, 0.4) is 0 Å². The van der Waals surface area contributed by atoms with Gasteiger partial charge >= 0.3 is 0 Å². The first kappa shape index (κ1) is 19.0. The van der Waals surface area contributed by atoms with Crippen LogP contribution in [0, 0.1) is 13.8 Å². The summed E-state index contributed by atoms with van der Waals surface area (Å²) in [5.74, 6) is -0.384. The fourth-order valence-corrected chi connectivity index (χ4v) is 3.66. The average molecular weight is 364 g/mol. The third kappa shape index (κ3) is 3.68. The minimum atomic E-state index is -0.384. The van der Waals surface area contributed by atoms with E-state index in [-0.39, 0.29) is 11.3 Å². The molecule has 0 atom stereocenters. The fourth-order valence-electron chi connectivity index (χ4n) is 3.66. The molecule has 2 aromatic heterocycles. The number of rotatable bonds is 5. The zero-order valence-electron chi connectivity index (χ0n) is 16.8. The van der Waals surface area contributed by atoms with E-state index in [1.807, 2.05) is 13.1 Å². The standard InChI is InChI=1S/C22H28N4O/c1-14-19(16-6-8-17(9-7-16)22(3,4)5)20(21(23)27)15(2)26(14)11-10-18-12-24-13-25-18/h6-9,12-13H,10-11H2,1-5H3,(H2,23,27)(H,24,25). The zero-order valence-corrected chi connectivity index (χ0v) is 16.8. The summed E-state index contributed by atoms with van der Waals surface area (Å²) >= 11 is 0. The van der Waals surface area contributed by atoms with E-state index in [4.69, 9.17) is 5.73 Å². The molecule has 2 heterocycles. The maximum absolute atomic E-state index is 12.2. The first-order chi connectivity index (χ1) is 12.7. The number of nitrogens with one attached hydrogen (secondary N) is 1. The molecule has 3 aromatic rings. The van der Waals surface area contributed by atoms with Crippen LogP contribution >= 0.6 is 0 Å². The molecule has 3 rings (SSSR count). The minimum Gasteiger partial charge on any atom is -0.366 e. The number of aromatic nitrogens is 3. The summed E-state index contributed by atoms with van der Waals surface area (Å²) in [6.45, 7) is 11.4. The Balaban J connectivity index is 2.03. The minimum absolute atomic E-state index is 0.0893. The number of carbonyl (C=O) groups is 1. The number of primary amides is 1. The van der Waals surface area contributed by atoms with Crippen molar-refractivity contribution >= 4 is 5.91 Å². The summed E-state index contributed by atoms with van der Waals surface area (Å²) in [4.78, 5) is 19.4. The number of H-pyrrole nitrogens is 1. The normalized spacial score (nSPS) is 11.7. The van der Waals surface area contributed by atoms with Crippen LogP contribution in [0.4, 0.5) is 0 Å². The van der Waals surface area contributed by atoms with Crippen molar-refractivity contribution in [3.05, 3.63) is 65.0 Å². The first-order valence-corrected chi connectivity index (χ1v) is 9.27. The van der Waals surface area contributed by atoms with Crippen LogP contribution in [0.25, 0.3) is 11.1 Å². The summed E-state index contributed by atoms with van der Waals surface area (Å²) < 4.78 is 2.17. The van der Waals surface area contributed by atoms with Crippen LogP contribution in [0.1, 0.15) is 53.8 Å². The second-order valence-electron chi connectivity index (χ2n) is 8.09. The van der Waals surface area contributed by atoms with Gasteiger partial charge < -0.3 is 15.3 Å². The van der Waals surface area contributed by atoms with E-state index in [1.165, 1.54) is 5.56 Å². The average Bonchev–Trinajstić information content (AvgIpc) is 3.19. The molecule has 0 fully saturated rings. The summed E-state index contributed by atoms with van der Waals surface area (Å²) in [5.41, 5.74) is 12.7. The SMILES string of the molecule is Cc1c(C(N)=O)c(-c2ccc(C(C)(C)C)cc2)c(C)n1CCc1cnc[nH]1. The molecule has 0 aliphatic heterocycles. The van der Waals surface area contributed by atoms with Crippen molar-refractivity contribution in [2.24, 2.45) is 5.73 Å². The van der Waals surface area contributed by atoms with Crippen molar-refractivity contribution in [1.82, 2.24) is 14.5 Å². The molecule has 1 amide bonds. The van der Waals surface area contributed by atoms with Gasteiger partial charge in [0.05, 0.1) is 11.9 Å². The van der Waals surface area contributed by atoms with Gasteiger partial charge in [-0.15, -0.1) is 0 Å². The van der Waals surface area contributed by atoms with Crippen molar-refractivity contribution in [1.29, 1.82) is 0 Å². The van der Waals surface area contributed by atoms with Crippen LogP contribution in [0.5, 0.6) is 0 Å². The predicted molar refractivity (Wildman–Crippen MR) is 109 cm³/mol. The number of benzene rings is 1. The van der Waals surface area contributed by atoms with Crippen molar-refractivity contribution in [2.75, 3.05) is 0 Å². The molecule has 5 heteroatoms. The Morgan fingerprint density at radius 2 is 1.81 bits per heavy atom. The monoisotopic (exact) mass is 364 g/mol. The van der Waals surface area contributed by atoms with Gasteiger partial charge in [-0.3, -0.25) is 4.79 Å². The smallest absolute Gasteiger partial charge is 0.251 e. The maximum Gasteiger partial charge on any atom is 0.251 e. The summed E-state index contributed by atoms with van der Waals surface area (Å²) in [6, 6.07) is 8.45. The molecule has 0 aliphatic carbocycles. The highest BCUT2D eigenvalue weighted by Crippen LogP contribution is 2.34. The van der Waals surface area contributed by atoms with Gasteiger partial charge in [0.15, 0.2) is 0 Å². The molecule has 0 unspecified atom stereocenters. The highest BCUT2D eigenvalue weighted by molar-refractivity contribution is 6.02. The Bertz CT molecular complexity index is 942. The molecule has 3 N–H and O–H groups in total. The van der Waals surface area contributed by atoms with Crippen LogP contribution in [-0.4, -0.2) is 20.4 Å². The lowest BCUT2D eigenvalue weighted by Crippen LogP contribution is -2.14. The third-order valence-corrected chi connectivity index (χ3v) is 5.23. The number of aryl methyl sites for hydroxylation is 1. The zero-order chi connectivity index (χ0) is 19.8. The van der Waals surface area contributed by atoms with Gasteiger partial charge in [-0.1, -0.05) is 45.0 Å². The molecule has 0 saturated carbocycles. The maximum atomic E-state index is 12.2. The molecule has 1 aromatic carbocycles. The topological polar surface area (TPSA) is 76.7 Å². The number of amides is 1. The number of hydrogen-bond donors (Lipinski definition) is 2. The molecule has 0 radical (unpaired) electrons. The van der Waals surface area contributed by atoms with Crippen LogP contribution in [-0.2, 0) is 18.4 Å². The molecular formula is C22H28N4O. The van der Waals surface area contributed by atoms with E-state index in [2.05, 4.69) is 66.5 Å². The van der Waals surface area contributed by atoms with Crippen molar-refractivity contribution in [2.45, 2.75) is 53.0 Å². The van der Waals surface area contributed by atoms with E-state index in [0.29, 0.717) is 5.56 Å². The molecule has 5 nitrogen and oxygen atoms in total. The second kappa shape index (κ2) is 7.06. The van der Waals surface area contributed by atoms with Gasteiger partial charge in [-0.25, -0.2) is 4.98 Å². The van der Waals surface area contributed by atoms with E-state index in [1.54, 1.807) is 6.33 Å². The van der Waals surface area contributed by atoms with E-state index >= 15 is 0 Å². The highest BCUT2D eigenvalue weighted by atomic mass is 16.1. The Morgan fingerprint density at radius 1 is 1.15 bits per heavy atom. The molecule has 0 bridgehead atoms. The lowest BCUT2D eigenvalue weighted by molar-refractivity contribution is 0.1000. The summed E-state index contributed by atoms with van der Waals surface area (Å²) in [7, 11) is 0. The van der Waals surface area contributed by atoms with E-state index < -0.39 is 0 Å². The predicted octanol–water partition coefficient (Wildman–Crippen LogP) is 4.13. The summed E-state index contributed by atoms with van der Waals surface area (Å²) in [5, 5.41) is 0. The second-order valence-corrected chi connectivity index (χ2v) is 8.09. The molecule has 0 spiro atoms. The van der Waals surface area contributed by atoms with Gasteiger partial charge in [0, 0.05) is 41.8 Å². The van der Waals surface area contributed by atoms with Crippen molar-refractivity contribution in [3.63, 3.8) is 0 Å². The Kier molecular flexibility index (Phi) is 4.96. The number of nitrogens with zero attached hydrogens (tertiary/aromatic N) is 2. The van der Waals surface area contributed by atoms with Gasteiger partial charge in [0.1, 0.15) is 0 Å². The van der Waals surface area contributed by atoms with E-state index in [9.17, 15) is 4.79 Å². The molecular weight excluding hydrogens is 336 g/mol. The lowest BCUT2D eigenvalue weighted by Gasteiger charge is -2.19. The number of imidazole rings is 1. The Hall–Kier alpha value is -2.82. The summed E-state index contributed by atoms with van der Waals surface area (Å²) in [6.07, 6.45) is 4.33. The van der Waals surface area contributed by atoms with E-state index in [0.717, 1.165) is 41.2 Å². The highest BCUT2D eigenvalue weighted by Gasteiger charge is 2.23. The van der Waals surface area contributed by atoms with Crippen molar-refractivity contribution in [3.8, 4) is 11.1 Å². The fraction of sp³-hybridized carbons (Fsp3) is 0.364. The van der Waals surface area contributed by atoms with Gasteiger partial charge in [-0.2, -0.15) is 0 Å². The van der Waals surface area contributed by atoms with Crippen LogP contribution in [0.15, 0.2) is 36.8 Å². The number of hydrogen-bond acceptors (Lipinski definition) is 2. The largest absolute Gasteiger partial charge is 0.366 e. The third-order valence-electron chi connectivity index (χ3n) is 5.23. The van der Waals surface area contributed by atoms with Crippen LogP contribution < -0.4 is 5.73 Å². The number of nitrogens with two attached hydrogens (primary N) is 1. The van der Waals surface area contributed by atoms with Gasteiger partial charge in [-0.05, 0) is 30.4 Å². The number of carbonyl (C=O) groups excluding carboxylic acids is 1. The van der Waals surface area contributed by atoms with Crippen LogP contribution in [0.2, 0.25) is 0 Å². The Labute approximate surface area is 160 Å². The number of aromatic amines is 1. The molecule has 142 valence electrons.